The summed E-state index contributed by atoms with van der Waals surface area (Å²) in [5, 5.41) is 3.16. The molecule has 0 radical (unpaired) electrons. The fourth-order valence-electron chi connectivity index (χ4n) is 2.27. The van der Waals surface area contributed by atoms with Crippen LogP contribution in [0.4, 0.5) is 5.69 Å². The van der Waals surface area contributed by atoms with E-state index < -0.39 is 10.0 Å². The Bertz CT molecular complexity index is 543. The van der Waals surface area contributed by atoms with Crippen LogP contribution in [-0.4, -0.2) is 41.4 Å². The molecule has 0 atom stereocenters. The maximum Gasteiger partial charge on any atom is 0.212 e. The third-order valence-electron chi connectivity index (χ3n) is 3.46. The number of nitrogens with zero attached hydrogens (tertiary/aromatic N) is 1. The van der Waals surface area contributed by atoms with E-state index in [-0.39, 0.29) is 5.75 Å². The minimum absolute atomic E-state index is 0.108. The van der Waals surface area contributed by atoms with Gasteiger partial charge in [-0.2, -0.15) is 0 Å². The molecule has 1 aromatic carbocycles. The van der Waals surface area contributed by atoms with Crippen molar-refractivity contribution in [3.05, 3.63) is 29.3 Å². The average Bonchev–Trinajstić information content (AvgIpc) is 2.76. The quantitative estimate of drug-likeness (QED) is 0.738. The zero-order valence-electron chi connectivity index (χ0n) is 11.4. The molecule has 2 rings (SSSR count). The molecule has 5 nitrogen and oxygen atoms in total. The highest BCUT2D eigenvalue weighted by atomic mass is 32.2. The van der Waals surface area contributed by atoms with E-state index in [1.165, 1.54) is 23.9 Å². The van der Waals surface area contributed by atoms with Gasteiger partial charge in [-0.25, -0.2) is 13.1 Å². The van der Waals surface area contributed by atoms with Crippen LogP contribution in [0.1, 0.15) is 11.1 Å². The van der Waals surface area contributed by atoms with Gasteiger partial charge in [-0.05, 0) is 30.7 Å². The Morgan fingerprint density at radius 2 is 2.16 bits per heavy atom. The second-order valence-corrected chi connectivity index (χ2v) is 6.88. The first-order valence-electron chi connectivity index (χ1n) is 6.47. The van der Waals surface area contributed by atoms with E-state index >= 15 is 0 Å². The average molecular weight is 283 g/mol. The van der Waals surface area contributed by atoms with Gasteiger partial charge in [0.1, 0.15) is 0 Å². The zero-order valence-corrected chi connectivity index (χ0v) is 12.3. The van der Waals surface area contributed by atoms with Gasteiger partial charge in [-0.3, -0.25) is 0 Å². The Morgan fingerprint density at radius 3 is 2.89 bits per heavy atom. The van der Waals surface area contributed by atoms with Gasteiger partial charge in [0.25, 0.3) is 0 Å². The molecule has 19 heavy (non-hydrogen) atoms. The van der Waals surface area contributed by atoms with E-state index in [2.05, 4.69) is 40.2 Å². The monoisotopic (exact) mass is 283 g/mol. The van der Waals surface area contributed by atoms with Crippen LogP contribution in [0.3, 0.4) is 0 Å². The maximum absolute atomic E-state index is 11.2. The standard InChI is InChI=1S/C13H21N3O2S/c1-14-19(17,18)8-6-15-10-11-3-4-13-12(9-11)5-7-16(13)2/h3-4,9,14-15H,5-8,10H2,1-2H3. The van der Waals surface area contributed by atoms with E-state index in [1.54, 1.807) is 0 Å². The second kappa shape index (κ2) is 5.90. The minimum atomic E-state index is -3.11. The van der Waals surface area contributed by atoms with Crippen LogP contribution in [0.5, 0.6) is 0 Å². The molecule has 0 amide bonds. The van der Waals surface area contributed by atoms with Gasteiger partial charge in [0, 0.05) is 32.4 Å². The highest BCUT2D eigenvalue weighted by Crippen LogP contribution is 2.27. The van der Waals surface area contributed by atoms with Gasteiger partial charge in [-0.15, -0.1) is 0 Å². The smallest absolute Gasteiger partial charge is 0.212 e. The molecular formula is C13H21N3O2S. The van der Waals surface area contributed by atoms with E-state index in [0.717, 1.165) is 13.0 Å². The summed E-state index contributed by atoms with van der Waals surface area (Å²) in [5.41, 5.74) is 3.89. The van der Waals surface area contributed by atoms with E-state index in [1.807, 2.05) is 0 Å². The van der Waals surface area contributed by atoms with Gasteiger partial charge in [-0.1, -0.05) is 12.1 Å². The number of rotatable bonds is 6. The molecule has 2 N–H and O–H groups in total. The van der Waals surface area contributed by atoms with Crippen molar-refractivity contribution in [1.29, 1.82) is 0 Å². The van der Waals surface area contributed by atoms with Gasteiger partial charge in [0.2, 0.25) is 10.0 Å². The van der Waals surface area contributed by atoms with Gasteiger partial charge in [0.15, 0.2) is 0 Å². The SMILES string of the molecule is CNS(=O)(=O)CCNCc1ccc2c(c1)CCN2C. The predicted octanol–water partition coefficient (Wildman–Crippen LogP) is 0.318. The van der Waals surface area contributed by atoms with Crippen molar-refractivity contribution >= 4 is 15.7 Å². The molecular weight excluding hydrogens is 262 g/mol. The van der Waals surface area contributed by atoms with Crippen LogP contribution in [0, 0.1) is 0 Å². The van der Waals surface area contributed by atoms with Gasteiger partial charge in [0.05, 0.1) is 5.75 Å². The fourth-order valence-corrected chi connectivity index (χ4v) is 2.89. The highest BCUT2D eigenvalue weighted by molar-refractivity contribution is 7.89. The first kappa shape index (κ1) is 14.3. The number of anilines is 1. The molecule has 0 unspecified atom stereocenters. The molecule has 0 spiro atoms. The summed E-state index contributed by atoms with van der Waals surface area (Å²) in [6.07, 6.45) is 1.09. The summed E-state index contributed by atoms with van der Waals surface area (Å²) >= 11 is 0. The Labute approximate surface area is 115 Å². The summed E-state index contributed by atoms with van der Waals surface area (Å²) in [5.74, 6) is 0.108. The van der Waals surface area contributed by atoms with Crippen molar-refractivity contribution in [1.82, 2.24) is 10.0 Å². The molecule has 0 bridgehead atoms. The van der Waals surface area contributed by atoms with Crippen molar-refractivity contribution in [2.24, 2.45) is 0 Å². The number of nitrogens with one attached hydrogen (secondary N) is 2. The lowest BCUT2D eigenvalue weighted by atomic mass is 10.1. The number of likely N-dealkylation sites (N-methyl/N-ethyl adjacent to an activating group) is 1. The summed E-state index contributed by atoms with van der Waals surface area (Å²) in [6.45, 7) is 2.24. The van der Waals surface area contributed by atoms with E-state index in [4.69, 9.17) is 0 Å². The lowest BCUT2D eigenvalue weighted by Crippen LogP contribution is -2.29. The zero-order chi connectivity index (χ0) is 13.9. The van der Waals surface area contributed by atoms with Crippen LogP contribution >= 0.6 is 0 Å². The molecule has 0 saturated heterocycles. The van der Waals surface area contributed by atoms with Crippen LogP contribution < -0.4 is 14.9 Å². The molecule has 0 fully saturated rings. The number of sulfonamides is 1. The largest absolute Gasteiger partial charge is 0.374 e. The van der Waals surface area contributed by atoms with Crippen LogP contribution in [0.2, 0.25) is 0 Å². The first-order valence-corrected chi connectivity index (χ1v) is 8.12. The first-order chi connectivity index (χ1) is 9.02. The molecule has 6 heteroatoms. The normalized spacial score (nSPS) is 14.7. The lowest BCUT2D eigenvalue weighted by Gasteiger charge is -2.12. The molecule has 0 saturated carbocycles. The fraction of sp³-hybridized carbons (Fsp3) is 0.538. The van der Waals surface area contributed by atoms with Crippen molar-refractivity contribution in [2.45, 2.75) is 13.0 Å². The summed E-state index contributed by atoms with van der Waals surface area (Å²) in [6, 6.07) is 6.45. The summed E-state index contributed by atoms with van der Waals surface area (Å²) in [7, 11) is 0.430. The Kier molecular flexibility index (Phi) is 4.44. The van der Waals surface area contributed by atoms with Crippen LogP contribution in [-0.2, 0) is 23.0 Å². The molecule has 1 aliphatic rings. The Hall–Kier alpha value is -1.11. The maximum atomic E-state index is 11.2. The summed E-state index contributed by atoms with van der Waals surface area (Å²) < 4.78 is 24.8. The molecule has 106 valence electrons. The lowest BCUT2D eigenvalue weighted by molar-refractivity contribution is 0.583. The highest BCUT2D eigenvalue weighted by Gasteiger charge is 2.15. The number of hydrogen-bond acceptors (Lipinski definition) is 4. The molecule has 0 aromatic heterocycles. The summed E-state index contributed by atoms with van der Waals surface area (Å²) in [4.78, 5) is 2.26. The number of benzene rings is 1. The second-order valence-electron chi connectivity index (χ2n) is 4.83. The molecule has 1 heterocycles. The van der Waals surface area contributed by atoms with Crippen molar-refractivity contribution in [3.8, 4) is 0 Å². The predicted molar refractivity (Wildman–Crippen MR) is 78.0 cm³/mol. The van der Waals surface area contributed by atoms with Crippen molar-refractivity contribution in [3.63, 3.8) is 0 Å². The number of fused-ring (bicyclic) bond motifs is 1. The molecule has 0 aliphatic carbocycles. The Morgan fingerprint density at radius 1 is 1.37 bits per heavy atom. The van der Waals surface area contributed by atoms with Crippen molar-refractivity contribution in [2.75, 3.05) is 37.8 Å². The van der Waals surface area contributed by atoms with Gasteiger partial charge < -0.3 is 10.2 Å². The third-order valence-corrected chi connectivity index (χ3v) is 4.82. The molecule has 1 aromatic rings. The topological polar surface area (TPSA) is 61.4 Å². The van der Waals surface area contributed by atoms with Gasteiger partial charge >= 0.3 is 0 Å². The van der Waals surface area contributed by atoms with Crippen LogP contribution in [0.15, 0.2) is 18.2 Å². The van der Waals surface area contributed by atoms with Crippen molar-refractivity contribution < 1.29 is 8.42 Å². The third kappa shape index (κ3) is 3.68. The van der Waals surface area contributed by atoms with Crippen LogP contribution in [0.25, 0.3) is 0 Å². The molecule has 1 aliphatic heterocycles. The van der Waals surface area contributed by atoms with E-state index in [9.17, 15) is 8.42 Å². The minimum Gasteiger partial charge on any atom is -0.374 e. The Balaban J connectivity index is 1.85. The van der Waals surface area contributed by atoms with E-state index in [0.29, 0.717) is 13.1 Å². The number of hydrogen-bond donors (Lipinski definition) is 2.